The van der Waals surface area contributed by atoms with Crippen molar-refractivity contribution in [2.75, 3.05) is 7.11 Å². The van der Waals surface area contributed by atoms with Crippen LogP contribution in [0.3, 0.4) is 0 Å². The first-order valence-corrected chi connectivity index (χ1v) is 10.3. The summed E-state index contributed by atoms with van der Waals surface area (Å²) in [6.45, 7) is 4.42. The fourth-order valence-electron chi connectivity index (χ4n) is 2.66. The molecule has 0 unspecified atom stereocenters. The van der Waals surface area contributed by atoms with Gasteiger partial charge in [-0.2, -0.15) is 4.98 Å². The number of aromatic nitrogens is 5. The molecule has 0 aliphatic carbocycles. The predicted octanol–water partition coefficient (Wildman–Crippen LogP) is 4.54. The second kappa shape index (κ2) is 8.41. The summed E-state index contributed by atoms with van der Waals surface area (Å²) in [6.07, 6.45) is 1.81. The molecule has 4 rings (SSSR count). The zero-order valence-electron chi connectivity index (χ0n) is 15.1. The topological polar surface area (TPSA) is 78.9 Å². The van der Waals surface area contributed by atoms with Gasteiger partial charge in [0.25, 0.3) is 0 Å². The quantitative estimate of drug-likeness (QED) is 0.311. The molecule has 0 N–H and O–H groups in total. The molecule has 0 saturated carbocycles. The molecule has 0 saturated heterocycles. The molecule has 0 spiro atoms. The second-order valence-electron chi connectivity index (χ2n) is 5.68. The Morgan fingerprint density at radius 1 is 1.25 bits per heavy atom. The van der Waals surface area contributed by atoms with E-state index >= 15 is 0 Å². The maximum absolute atomic E-state index is 5.46. The molecule has 142 valence electrons. The van der Waals surface area contributed by atoms with Crippen molar-refractivity contribution in [3.8, 4) is 27.8 Å². The van der Waals surface area contributed by atoms with Crippen LogP contribution in [0.2, 0.25) is 0 Å². The smallest absolute Gasteiger partial charge is 0.237 e. The van der Waals surface area contributed by atoms with Gasteiger partial charge in [-0.1, -0.05) is 41.2 Å². The van der Waals surface area contributed by atoms with E-state index < -0.39 is 0 Å². The molecule has 0 aliphatic rings. The molecule has 4 aromatic rings. The third-order valence-electron chi connectivity index (χ3n) is 3.91. The Balaban J connectivity index is 1.57. The largest absolute Gasteiger partial charge is 0.496 e. The molecule has 3 aromatic heterocycles. The molecule has 7 nitrogen and oxygen atoms in total. The first-order valence-electron chi connectivity index (χ1n) is 8.47. The predicted molar refractivity (Wildman–Crippen MR) is 109 cm³/mol. The highest BCUT2D eigenvalue weighted by atomic mass is 32.2. The van der Waals surface area contributed by atoms with Crippen molar-refractivity contribution in [2.45, 2.75) is 17.5 Å². The first-order chi connectivity index (χ1) is 13.8. The summed E-state index contributed by atoms with van der Waals surface area (Å²) in [7, 11) is 1.64. The van der Waals surface area contributed by atoms with Gasteiger partial charge in [-0.3, -0.25) is 4.57 Å². The van der Waals surface area contributed by atoms with Gasteiger partial charge in [0, 0.05) is 6.54 Å². The summed E-state index contributed by atoms with van der Waals surface area (Å²) < 4.78 is 12.8. The fourth-order valence-corrected chi connectivity index (χ4v) is 4.10. The van der Waals surface area contributed by atoms with E-state index in [4.69, 9.17) is 9.26 Å². The van der Waals surface area contributed by atoms with E-state index in [0.29, 0.717) is 24.0 Å². The van der Waals surface area contributed by atoms with Crippen LogP contribution in [0.1, 0.15) is 5.89 Å². The normalized spacial score (nSPS) is 10.9. The lowest BCUT2D eigenvalue weighted by Crippen LogP contribution is -2.01. The number of para-hydroxylation sites is 1. The summed E-state index contributed by atoms with van der Waals surface area (Å²) >= 11 is 3.06. The average Bonchev–Trinajstić information content (AvgIpc) is 3.47. The van der Waals surface area contributed by atoms with Crippen LogP contribution >= 0.6 is 23.1 Å². The number of hydrogen-bond acceptors (Lipinski definition) is 8. The highest BCUT2D eigenvalue weighted by molar-refractivity contribution is 7.98. The highest BCUT2D eigenvalue weighted by Crippen LogP contribution is 2.32. The van der Waals surface area contributed by atoms with Crippen molar-refractivity contribution in [1.82, 2.24) is 24.9 Å². The molecule has 9 heteroatoms. The van der Waals surface area contributed by atoms with Crippen molar-refractivity contribution in [3.05, 3.63) is 60.3 Å². The number of methoxy groups -OCH3 is 1. The van der Waals surface area contributed by atoms with Crippen LogP contribution in [0.4, 0.5) is 0 Å². The van der Waals surface area contributed by atoms with Crippen LogP contribution in [-0.4, -0.2) is 32.0 Å². The van der Waals surface area contributed by atoms with E-state index in [1.165, 1.54) is 11.8 Å². The van der Waals surface area contributed by atoms with Crippen molar-refractivity contribution < 1.29 is 9.26 Å². The summed E-state index contributed by atoms with van der Waals surface area (Å²) in [5.74, 6) is 3.12. The zero-order valence-corrected chi connectivity index (χ0v) is 16.7. The van der Waals surface area contributed by atoms with Crippen molar-refractivity contribution in [1.29, 1.82) is 0 Å². The molecule has 3 heterocycles. The second-order valence-corrected chi connectivity index (χ2v) is 7.57. The average molecular weight is 412 g/mol. The lowest BCUT2D eigenvalue weighted by atomic mass is 10.2. The number of ether oxygens (including phenoxy) is 1. The van der Waals surface area contributed by atoms with E-state index in [2.05, 4.69) is 26.9 Å². The molecule has 1 aromatic carbocycles. The minimum atomic E-state index is 0.500. The number of nitrogens with zero attached hydrogens (tertiary/aromatic N) is 5. The minimum Gasteiger partial charge on any atom is -0.496 e. The van der Waals surface area contributed by atoms with E-state index in [1.54, 1.807) is 18.4 Å². The Bertz CT molecular complexity index is 1070. The van der Waals surface area contributed by atoms with Crippen LogP contribution < -0.4 is 4.74 Å². The van der Waals surface area contributed by atoms with Crippen LogP contribution in [0, 0.1) is 0 Å². The van der Waals surface area contributed by atoms with Crippen molar-refractivity contribution in [3.63, 3.8) is 0 Å². The number of thioether (sulfide) groups is 1. The maximum Gasteiger partial charge on any atom is 0.237 e. The molecule has 0 radical (unpaired) electrons. The summed E-state index contributed by atoms with van der Waals surface area (Å²) in [4.78, 5) is 5.43. The molecule has 28 heavy (non-hydrogen) atoms. The summed E-state index contributed by atoms with van der Waals surface area (Å²) in [6, 6.07) is 11.7. The van der Waals surface area contributed by atoms with Gasteiger partial charge in [0.2, 0.25) is 11.7 Å². The van der Waals surface area contributed by atoms with Gasteiger partial charge in [-0.15, -0.1) is 28.1 Å². The fraction of sp³-hybridized carbons (Fsp3) is 0.158. The zero-order chi connectivity index (χ0) is 19.3. The molecule has 0 bridgehead atoms. The lowest BCUT2D eigenvalue weighted by molar-refractivity contribution is 0.391. The third kappa shape index (κ3) is 3.71. The first kappa shape index (κ1) is 18.5. The molecular weight excluding hydrogens is 394 g/mol. The van der Waals surface area contributed by atoms with Crippen molar-refractivity contribution in [2.24, 2.45) is 0 Å². The number of rotatable bonds is 8. The number of hydrogen-bond donors (Lipinski definition) is 0. The molecule has 0 atom stereocenters. The molecule has 0 fully saturated rings. The summed E-state index contributed by atoms with van der Waals surface area (Å²) in [5, 5.41) is 15.5. The minimum absolute atomic E-state index is 0.500. The third-order valence-corrected chi connectivity index (χ3v) is 5.73. The Hall–Kier alpha value is -2.91. The number of allylic oxidation sites excluding steroid dienone is 1. The van der Waals surface area contributed by atoms with E-state index in [-0.39, 0.29) is 0 Å². The van der Waals surface area contributed by atoms with Gasteiger partial charge in [0.05, 0.1) is 23.3 Å². The van der Waals surface area contributed by atoms with Gasteiger partial charge in [-0.25, -0.2) is 0 Å². The Kier molecular flexibility index (Phi) is 5.54. The van der Waals surface area contributed by atoms with Gasteiger partial charge in [-0.05, 0) is 23.6 Å². The molecular formula is C19H17N5O2S2. The summed E-state index contributed by atoms with van der Waals surface area (Å²) in [5.41, 5.74) is 0.879. The van der Waals surface area contributed by atoms with E-state index in [9.17, 15) is 0 Å². The molecule has 0 amide bonds. The van der Waals surface area contributed by atoms with Gasteiger partial charge >= 0.3 is 0 Å². The van der Waals surface area contributed by atoms with Crippen LogP contribution in [-0.2, 0) is 12.3 Å². The van der Waals surface area contributed by atoms with Crippen LogP contribution in [0.5, 0.6) is 5.75 Å². The molecule has 0 aliphatic heterocycles. The Morgan fingerprint density at radius 3 is 2.93 bits per heavy atom. The lowest BCUT2D eigenvalue weighted by Gasteiger charge is -2.10. The number of benzene rings is 1. The van der Waals surface area contributed by atoms with Gasteiger partial charge in [0.15, 0.2) is 11.0 Å². The highest BCUT2D eigenvalue weighted by Gasteiger charge is 2.18. The van der Waals surface area contributed by atoms with E-state index in [1.807, 2.05) is 52.4 Å². The van der Waals surface area contributed by atoms with Crippen molar-refractivity contribution >= 4 is 23.1 Å². The maximum atomic E-state index is 5.46. The monoisotopic (exact) mass is 411 g/mol. The standard InChI is InChI=1S/C19H17N5O2S2/c1-3-10-24-18(13-7-4-5-8-14(13)25-2)21-22-19(24)28-12-16-20-17(23-26-16)15-9-6-11-27-15/h3-9,11H,1,10,12H2,2H3. The van der Waals surface area contributed by atoms with Gasteiger partial charge in [0.1, 0.15) is 5.75 Å². The van der Waals surface area contributed by atoms with Gasteiger partial charge < -0.3 is 9.26 Å². The Morgan fingerprint density at radius 2 is 2.14 bits per heavy atom. The number of thiophene rings is 1. The van der Waals surface area contributed by atoms with E-state index in [0.717, 1.165) is 27.2 Å². The van der Waals surface area contributed by atoms with Crippen LogP contribution in [0.25, 0.3) is 22.1 Å². The SMILES string of the molecule is C=CCn1c(SCc2nc(-c3cccs3)no2)nnc1-c1ccccc1OC. The van der Waals surface area contributed by atoms with Crippen LogP contribution in [0.15, 0.2) is 64.1 Å². The Labute approximate surface area is 170 Å².